The molecule has 0 saturated heterocycles. The Morgan fingerprint density at radius 3 is 2.79 bits per heavy atom. The molecule has 1 aliphatic carbocycles. The number of carbonyl (C=O) groups is 1. The van der Waals surface area contributed by atoms with E-state index in [1.54, 1.807) is 0 Å². The van der Waals surface area contributed by atoms with Gasteiger partial charge in [0.25, 0.3) is 5.91 Å². The van der Waals surface area contributed by atoms with Crippen molar-refractivity contribution < 1.29 is 4.79 Å². The van der Waals surface area contributed by atoms with Crippen molar-refractivity contribution in [3.05, 3.63) is 28.6 Å². The zero-order valence-corrected chi connectivity index (χ0v) is 12.1. The van der Waals surface area contributed by atoms with Crippen LogP contribution in [0.3, 0.4) is 0 Å². The van der Waals surface area contributed by atoms with Gasteiger partial charge < -0.3 is 10.6 Å². The SMILES string of the molecule is Cc1ccc2sc(C(=O)N(C)C3CCC3)c(N)c2c1. The van der Waals surface area contributed by atoms with Crippen LogP contribution in [0.25, 0.3) is 10.1 Å². The third kappa shape index (κ3) is 2.00. The maximum atomic E-state index is 12.5. The first kappa shape index (κ1) is 12.5. The summed E-state index contributed by atoms with van der Waals surface area (Å²) in [6.45, 7) is 2.04. The van der Waals surface area contributed by atoms with E-state index in [9.17, 15) is 4.79 Å². The molecule has 0 radical (unpaired) electrons. The molecule has 1 aromatic carbocycles. The smallest absolute Gasteiger partial charge is 0.266 e. The number of nitrogen functional groups attached to an aromatic ring is 1. The minimum absolute atomic E-state index is 0.0704. The Kier molecular flexibility index (Phi) is 2.97. The van der Waals surface area contributed by atoms with E-state index in [0.29, 0.717) is 16.6 Å². The van der Waals surface area contributed by atoms with Gasteiger partial charge in [-0.3, -0.25) is 4.79 Å². The van der Waals surface area contributed by atoms with E-state index in [-0.39, 0.29) is 5.91 Å². The highest BCUT2D eigenvalue weighted by Gasteiger charge is 2.28. The second-order valence-corrected chi connectivity index (χ2v) is 6.40. The molecule has 100 valence electrons. The molecule has 0 spiro atoms. The van der Waals surface area contributed by atoms with Gasteiger partial charge in [0, 0.05) is 23.2 Å². The topological polar surface area (TPSA) is 46.3 Å². The first-order valence-electron chi connectivity index (χ1n) is 6.63. The molecule has 0 bridgehead atoms. The zero-order valence-electron chi connectivity index (χ0n) is 11.3. The van der Waals surface area contributed by atoms with Crippen LogP contribution in [0.5, 0.6) is 0 Å². The summed E-state index contributed by atoms with van der Waals surface area (Å²) in [6.07, 6.45) is 3.46. The molecule has 2 aromatic rings. The summed E-state index contributed by atoms with van der Waals surface area (Å²) >= 11 is 1.50. The molecular formula is C15H18N2OS. The van der Waals surface area contributed by atoms with Gasteiger partial charge in [0.15, 0.2) is 0 Å². The van der Waals surface area contributed by atoms with E-state index >= 15 is 0 Å². The third-order valence-corrected chi connectivity index (χ3v) is 5.19. The van der Waals surface area contributed by atoms with Crippen molar-refractivity contribution in [2.45, 2.75) is 32.2 Å². The third-order valence-electron chi connectivity index (χ3n) is 4.02. The van der Waals surface area contributed by atoms with Crippen molar-refractivity contribution in [1.29, 1.82) is 0 Å². The second kappa shape index (κ2) is 4.53. The summed E-state index contributed by atoms with van der Waals surface area (Å²) in [6, 6.07) is 6.56. The van der Waals surface area contributed by atoms with Crippen LogP contribution in [-0.4, -0.2) is 23.9 Å². The van der Waals surface area contributed by atoms with Crippen LogP contribution in [0.2, 0.25) is 0 Å². The van der Waals surface area contributed by atoms with Crippen molar-refractivity contribution in [2.75, 3.05) is 12.8 Å². The number of thiophene rings is 1. The predicted molar refractivity (Wildman–Crippen MR) is 80.7 cm³/mol. The molecule has 1 heterocycles. The van der Waals surface area contributed by atoms with Gasteiger partial charge in [-0.05, 0) is 38.3 Å². The quantitative estimate of drug-likeness (QED) is 0.912. The Hall–Kier alpha value is -1.55. The van der Waals surface area contributed by atoms with Crippen LogP contribution in [0.4, 0.5) is 5.69 Å². The molecule has 3 nitrogen and oxygen atoms in total. The lowest BCUT2D eigenvalue weighted by Crippen LogP contribution is -2.41. The second-order valence-electron chi connectivity index (χ2n) is 5.35. The van der Waals surface area contributed by atoms with Crippen molar-refractivity contribution in [1.82, 2.24) is 4.90 Å². The van der Waals surface area contributed by atoms with Gasteiger partial charge in [-0.1, -0.05) is 11.6 Å². The number of rotatable bonds is 2. The molecule has 19 heavy (non-hydrogen) atoms. The lowest BCUT2D eigenvalue weighted by atomic mass is 9.92. The summed E-state index contributed by atoms with van der Waals surface area (Å²) in [4.78, 5) is 15.1. The van der Waals surface area contributed by atoms with Gasteiger partial charge in [-0.15, -0.1) is 11.3 Å². The first-order valence-corrected chi connectivity index (χ1v) is 7.45. The van der Waals surface area contributed by atoms with Gasteiger partial charge in [-0.25, -0.2) is 0 Å². The average Bonchev–Trinajstić information content (AvgIpc) is 2.64. The van der Waals surface area contributed by atoms with Gasteiger partial charge in [0.2, 0.25) is 0 Å². The van der Waals surface area contributed by atoms with Crippen LogP contribution in [0.1, 0.15) is 34.5 Å². The number of nitrogens with two attached hydrogens (primary N) is 1. The summed E-state index contributed by atoms with van der Waals surface area (Å²) in [5, 5.41) is 1.01. The molecule has 0 atom stereocenters. The highest BCUT2D eigenvalue weighted by molar-refractivity contribution is 7.21. The molecular weight excluding hydrogens is 256 g/mol. The predicted octanol–water partition coefficient (Wildman–Crippen LogP) is 3.42. The normalized spacial score (nSPS) is 15.5. The molecule has 1 aromatic heterocycles. The minimum atomic E-state index is 0.0704. The Bertz CT molecular complexity index is 643. The maximum Gasteiger partial charge on any atom is 0.266 e. The molecule has 3 rings (SSSR count). The highest BCUT2D eigenvalue weighted by Crippen LogP contribution is 2.36. The molecule has 4 heteroatoms. The van der Waals surface area contributed by atoms with Crippen LogP contribution >= 0.6 is 11.3 Å². The summed E-state index contributed by atoms with van der Waals surface area (Å²) < 4.78 is 1.09. The molecule has 1 aliphatic rings. The first-order chi connectivity index (χ1) is 9.08. The number of nitrogens with zero attached hydrogens (tertiary/aromatic N) is 1. The number of carbonyl (C=O) groups excluding carboxylic acids is 1. The number of benzene rings is 1. The summed E-state index contributed by atoms with van der Waals surface area (Å²) in [5.74, 6) is 0.0704. The highest BCUT2D eigenvalue weighted by atomic mass is 32.1. The van der Waals surface area contributed by atoms with E-state index < -0.39 is 0 Å². The van der Waals surface area contributed by atoms with Crippen molar-refractivity contribution in [2.24, 2.45) is 0 Å². The fraction of sp³-hybridized carbons (Fsp3) is 0.400. The standard InChI is InChI=1S/C15H18N2OS/c1-9-6-7-12-11(8-9)13(16)14(19-12)15(18)17(2)10-4-3-5-10/h6-8,10H,3-5,16H2,1-2H3. The lowest BCUT2D eigenvalue weighted by molar-refractivity contribution is 0.0658. The summed E-state index contributed by atoms with van der Waals surface area (Å²) in [5.41, 5.74) is 7.98. The minimum Gasteiger partial charge on any atom is -0.397 e. The van der Waals surface area contributed by atoms with Gasteiger partial charge >= 0.3 is 0 Å². The van der Waals surface area contributed by atoms with E-state index in [1.165, 1.54) is 23.3 Å². The zero-order chi connectivity index (χ0) is 13.6. The van der Waals surface area contributed by atoms with Gasteiger partial charge in [0.1, 0.15) is 4.88 Å². The Labute approximate surface area is 117 Å². The van der Waals surface area contributed by atoms with Crippen molar-refractivity contribution >= 4 is 33.0 Å². The fourth-order valence-electron chi connectivity index (χ4n) is 2.49. The monoisotopic (exact) mass is 274 g/mol. The Morgan fingerprint density at radius 2 is 2.16 bits per heavy atom. The number of hydrogen-bond acceptors (Lipinski definition) is 3. The average molecular weight is 274 g/mol. The lowest BCUT2D eigenvalue weighted by Gasteiger charge is -2.34. The Morgan fingerprint density at radius 1 is 1.42 bits per heavy atom. The Balaban J connectivity index is 2.00. The van der Waals surface area contributed by atoms with E-state index in [2.05, 4.69) is 12.1 Å². The maximum absolute atomic E-state index is 12.5. The molecule has 2 N–H and O–H groups in total. The van der Waals surface area contributed by atoms with E-state index in [4.69, 9.17) is 5.73 Å². The molecule has 1 fully saturated rings. The van der Waals surface area contributed by atoms with Gasteiger partial charge in [-0.2, -0.15) is 0 Å². The summed E-state index contributed by atoms with van der Waals surface area (Å²) in [7, 11) is 1.89. The van der Waals surface area contributed by atoms with E-state index in [1.807, 2.05) is 24.9 Å². The molecule has 1 saturated carbocycles. The molecule has 1 amide bonds. The van der Waals surface area contributed by atoms with Crippen LogP contribution in [0.15, 0.2) is 18.2 Å². The number of aryl methyl sites for hydroxylation is 1. The number of fused-ring (bicyclic) bond motifs is 1. The van der Waals surface area contributed by atoms with Gasteiger partial charge in [0.05, 0.1) is 5.69 Å². The number of amides is 1. The molecule has 0 aliphatic heterocycles. The van der Waals surface area contributed by atoms with E-state index in [0.717, 1.165) is 22.9 Å². The van der Waals surface area contributed by atoms with Crippen molar-refractivity contribution in [3.8, 4) is 0 Å². The van der Waals surface area contributed by atoms with Crippen molar-refractivity contribution in [3.63, 3.8) is 0 Å². The van der Waals surface area contributed by atoms with Crippen LogP contribution < -0.4 is 5.73 Å². The number of anilines is 1. The van der Waals surface area contributed by atoms with Crippen LogP contribution in [-0.2, 0) is 0 Å². The number of hydrogen-bond donors (Lipinski definition) is 1. The largest absolute Gasteiger partial charge is 0.397 e. The van der Waals surface area contributed by atoms with Crippen LogP contribution in [0, 0.1) is 6.92 Å². The fourth-order valence-corrected chi connectivity index (χ4v) is 3.58. The molecule has 0 unspecified atom stereocenters.